The van der Waals surface area contributed by atoms with Crippen LogP contribution in [0, 0.1) is 0 Å². The Morgan fingerprint density at radius 2 is 2.00 bits per heavy atom. The molecule has 7 nitrogen and oxygen atoms in total. The molecule has 1 saturated carbocycles. The first kappa shape index (κ1) is 23.3. The lowest BCUT2D eigenvalue weighted by Gasteiger charge is -2.32. The highest BCUT2D eigenvalue weighted by molar-refractivity contribution is 5.85. The highest BCUT2D eigenvalue weighted by atomic mass is 35.5. The Hall–Kier alpha value is -0.700. The van der Waals surface area contributed by atoms with Crippen molar-refractivity contribution in [1.82, 2.24) is 14.9 Å². The van der Waals surface area contributed by atoms with Gasteiger partial charge >= 0.3 is 0 Å². The zero-order valence-corrected chi connectivity index (χ0v) is 17.0. The number of aromatic nitrogens is 2. The van der Waals surface area contributed by atoms with E-state index >= 15 is 0 Å². The van der Waals surface area contributed by atoms with Crippen molar-refractivity contribution < 1.29 is 9.47 Å². The van der Waals surface area contributed by atoms with Crippen LogP contribution in [0.5, 0.6) is 0 Å². The van der Waals surface area contributed by atoms with Gasteiger partial charge in [-0.1, -0.05) is 0 Å². The second-order valence-corrected chi connectivity index (χ2v) is 6.69. The Balaban J connectivity index is 0.00000169. The molecule has 1 aliphatic carbocycles. The molecule has 0 spiro atoms. The van der Waals surface area contributed by atoms with Gasteiger partial charge < -0.3 is 20.5 Å². The van der Waals surface area contributed by atoms with Crippen LogP contribution >= 0.6 is 24.8 Å². The Kier molecular flexibility index (Phi) is 10.7. The van der Waals surface area contributed by atoms with E-state index in [9.17, 15) is 0 Å². The van der Waals surface area contributed by atoms with Gasteiger partial charge in [0.25, 0.3) is 0 Å². The molecule has 0 unspecified atom stereocenters. The van der Waals surface area contributed by atoms with Gasteiger partial charge in [-0.05, 0) is 25.8 Å². The number of hydrogen-bond acceptors (Lipinski definition) is 7. The number of nitrogens with two attached hydrogens (primary N) is 1. The zero-order valence-electron chi connectivity index (χ0n) is 15.4. The van der Waals surface area contributed by atoms with Gasteiger partial charge in [0, 0.05) is 50.5 Å². The van der Waals surface area contributed by atoms with Gasteiger partial charge in [0.1, 0.15) is 12.4 Å². The highest BCUT2D eigenvalue weighted by Crippen LogP contribution is 2.35. The fourth-order valence-corrected chi connectivity index (χ4v) is 3.26. The minimum Gasteiger partial charge on any atom is -0.379 e. The average molecular weight is 408 g/mol. The van der Waals surface area contributed by atoms with Gasteiger partial charge in [0.05, 0.1) is 13.2 Å². The second-order valence-electron chi connectivity index (χ2n) is 6.69. The summed E-state index contributed by atoms with van der Waals surface area (Å²) < 4.78 is 10.6. The zero-order chi connectivity index (χ0) is 16.8. The summed E-state index contributed by atoms with van der Waals surface area (Å²) in [7, 11) is 1.67. The molecule has 1 aliphatic heterocycles. The lowest BCUT2D eigenvalue weighted by molar-refractivity contribution is 0.0378. The molecule has 3 N–H and O–H groups in total. The van der Waals surface area contributed by atoms with Gasteiger partial charge in [-0.3, -0.25) is 4.90 Å². The number of anilines is 1. The lowest BCUT2D eigenvalue weighted by Crippen LogP contribution is -2.37. The molecule has 3 rings (SSSR count). The van der Waals surface area contributed by atoms with Crippen LogP contribution in [0.3, 0.4) is 0 Å². The molecular formula is C17H31Cl2N5O2. The van der Waals surface area contributed by atoms with Crippen LogP contribution in [0.1, 0.15) is 36.7 Å². The molecule has 0 atom stereocenters. The standard InChI is InChI=1S/C17H29N5O2.2ClH/c1-23-12-17-20-15(13-9-14(18)10-13)11-16(21-17)19-3-2-4-22-5-7-24-8-6-22;;/h11,13-14H,2-10,12,18H2,1H3,(H,19,20,21);2*1H. The number of methoxy groups -OCH3 is 1. The third kappa shape index (κ3) is 6.79. The van der Waals surface area contributed by atoms with E-state index in [4.69, 9.17) is 15.2 Å². The van der Waals surface area contributed by atoms with Gasteiger partial charge in [-0.25, -0.2) is 9.97 Å². The van der Waals surface area contributed by atoms with E-state index in [-0.39, 0.29) is 24.8 Å². The minimum atomic E-state index is 0. The molecule has 0 bridgehead atoms. The third-order valence-corrected chi connectivity index (χ3v) is 4.72. The van der Waals surface area contributed by atoms with E-state index in [1.54, 1.807) is 7.11 Å². The maximum Gasteiger partial charge on any atom is 0.156 e. The van der Waals surface area contributed by atoms with Crippen LogP contribution in [-0.2, 0) is 16.1 Å². The molecule has 2 aliphatic rings. The third-order valence-electron chi connectivity index (χ3n) is 4.72. The summed E-state index contributed by atoms with van der Waals surface area (Å²) in [4.78, 5) is 11.6. The molecule has 2 fully saturated rings. The fraction of sp³-hybridized carbons (Fsp3) is 0.765. The first-order chi connectivity index (χ1) is 11.7. The molecule has 150 valence electrons. The summed E-state index contributed by atoms with van der Waals surface area (Å²) in [6.45, 7) is 6.23. The number of rotatable bonds is 8. The van der Waals surface area contributed by atoms with E-state index in [1.165, 1.54) is 0 Å². The molecule has 0 radical (unpaired) electrons. The lowest BCUT2D eigenvalue weighted by atomic mass is 9.78. The van der Waals surface area contributed by atoms with Crippen LogP contribution < -0.4 is 11.1 Å². The molecule has 0 amide bonds. The van der Waals surface area contributed by atoms with Crippen molar-refractivity contribution in [2.24, 2.45) is 5.73 Å². The molecule has 2 heterocycles. The van der Waals surface area contributed by atoms with Crippen LogP contribution in [0.4, 0.5) is 5.82 Å². The molecule has 1 aromatic rings. The second kappa shape index (κ2) is 11.9. The number of morpholine rings is 1. The van der Waals surface area contributed by atoms with Crippen molar-refractivity contribution in [2.45, 2.75) is 37.8 Å². The van der Waals surface area contributed by atoms with E-state index in [2.05, 4.69) is 26.3 Å². The predicted molar refractivity (Wildman–Crippen MR) is 108 cm³/mol. The number of nitrogens with one attached hydrogen (secondary N) is 1. The van der Waals surface area contributed by atoms with E-state index in [0.717, 1.165) is 76.0 Å². The molecule has 9 heteroatoms. The Morgan fingerprint density at radius 1 is 1.27 bits per heavy atom. The van der Waals surface area contributed by atoms with Crippen molar-refractivity contribution in [2.75, 3.05) is 51.8 Å². The highest BCUT2D eigenvalue weighted by Gasteiger charge is 2.29. The Morgan fingerprint density at radius 3 is 2.65 bits per heavy atom. The number of halogens is 2. The monoisotopic (exact) mass is 407 g/mol. The molecule has 1 saturated heterocycles. The molecule has 1 aromatic heterocycles. The largest absolute Gasteiger partial charge is 0.379 e. The van der Waals surface area contributed by atoms with Crippen molar-refractivity contribution in [3.63, 3.8) is 0 Å². The summed E-state index contributed by atoms with van der Waals surface area (Å²) in [6.07, 6.45) is 3.12. The Bertz CT molecular complexity index is 526. The van der Waals surface area contributed by atoms with Crippen molar-refractivity contribution >= 4 is 30.6 Å². The van der Waals surface area contributed by atoms with Gasteiger partial charge in [0.15, 0.2) is 5.82 Å². The average Bonchev–Trinajstić information content (AvgIpc) is 2.57. The first-order valence-corrected chi connectivity index (χ1v) is 8.91. The summed E-state index contributed by atoms with van der Waals surface area (Å²) in [5.74, 6) is 2.10. The van der Waals surface area contributed by atoms with Crippen molar-refractivity contribution in [3.05, 3.63) is 17.6 Å². The summed E-state index contributed by atoms with van der Waals surface area (Å²) >= 11 is 0. The summed E-state index contributed by atoms with van der Waals surface area (Å²) in [5.41, 5.74) is 7.00. The maximum atomic E-state index is 5.91. The van der Waals surface area contributed by atoms with Crippen LogP contribution in [-0.4, -0.2) is 67.4 Å². The number of nitrogens with zero attached hydrogens (tertiary/aromatic N) is 3. The topological polar surface area (TPSA) is 85.5 Å². The summed E-state index contributed by atoms with van der Waals surface area (Å²) in [5, 5.41) is 3.44. The van der Waals surface area contributed by atoms with Crippen LogP contribution in [0.15, 0.2) is 6.07 Å². The van der Waals surface area contributed by atoms with Crippen molar-refractivity contribution in [1.29, 1.82) is 0 Å². The molecule has 0 aromatic carbocycles. The smallest absolute Gasteiger partial charge is 0.156 e. The molecular weight excluding hydrogens is 377 g/mol. The fourth-order valence-electron chi connectivity index (χ4n) is 3.26. The van der Waals surface area contributed by atoms with Gasteiger partial charge in [0.2, 0.25) is 0 Å². The van der Waals surface area contributed by atoms with Crippen molar-refractivity contribution in [3.8, 4) is 0 Å². The van der Waals surface area contributed by atoms with E-state index < -0.39 is 0 Å². The first-order valence-electron chi connectivity index (χ1n) is 8.91. The quantitative estimate of drug-likeness (QED) is 0.635. The maximum absolute atomic E-state index is 5.91. The van der Waals surface area contributed by atoms with Gasteiger partial charge in [-0.15, -0.1) is 24.8 Å². The van der Waals surface area contributed by atoms with E-state index in [0.29, 0.717) is 18.6 Å². The Labute approximate surface area is 168 Å². The number of ether oxygens (including phenoxy) is 2. The predicted octanol–water partition coefficient (Wildman–Crippen LogP) is 1.81. The minimum absolute atomic E-state index is 0. The summed E-state index contributed by atoms with van der Waals surface area (Å²) in [6, 6.07) is 2.39. The normalized spacial score (nSPS) is 22.7. The van der Waals surface area contributed by atoms with E-state index in [1.807, 2.05) is 0 Å². The van der Waals surface area contributed by atoms with Gasteiger partial charge in [-0.2, -0.15) is 0 Å². The molecule has 26 heavy (non-hydrogen) atoms. The SMILES string of the molecule is COCc1nc(NCCCN2CCOCC2)cc(C2CC(N)C2)n1.Cl.Cl. The van der Waals surface area contributed by atoms with Crippen LogP contribution in [0.25, 0.3) is 0 Å². The number of hydrogen-bond donors (Lipinski definition) is 2. The van der Waals surface area contributed by atoms with Crippen LogP contribution in [0.2, 0.25) is 0 Å².